The number of aliphatic imine (C=N–C) groups is 1. The SMILES string of the molecule is CCCCCCCc1ccccc1N=C=O. The second-order valence-corrected chi connectivity index (χ2v) is 4.00. The van der Waals surface area contributed by atoms with E-state index in [1.165, 1.54) is 32.1 Å². The minimum absolute atomic E-state index is 0.771. The molecular weight excluding hydrogens is 198 g/mol. The molecule has 0 amide bonds. The lowest BCUT2D eigenvalue weighted by Crippen LogP contribution is -1.86. The zero-order valence-electron chi connectivity index (χ0n) is 9.91. The Labute approximate surface area is 97.4 Å². The summed E-state index contributed by atoms with van der Waals surface area (Å²) >= 11 is 0. The highest BCUT2D eigenvalue weighted by Gasteiger charge is 1.99. The van der Waals surface area contributed by atoms with Gasteiger partial charge in [0.2, 0.25) is 6.08 Å². The van der Waals surface area contributed by atoms with Gasteiger partial charge in [0.25, 0.3) is 0 Å². The molecule has 0 bridgehead atoms. The monoisotopic (exact) mass is 217 g/mol. The summed E-state index contributed by atoms with van der Waals surface area (Å²) < 4.78 is 0. The Hall–Kier alpha value is -1.40. The van der Waals surface area contributed by atoms with Crippen molar-refractivity contribution < 1.29 is 4.79 Å². The summed E-state index contributed by atoms with van der Waals surface area (Å²) in [6.45, 7) is 2.22. The molecule has 0 aromatic heterocycles. The van der Waals surface area contributed by atoms with Crippen LogP contribution in [-0.4, -0.2) is 6.08 Å². The summed E-state index contributed by atoms with van der Waals surface area (Å²) in [5, 5.41) is 0. The quantitative estimate of drug-likeness (QED) is 0.383. The van der Waals surface area contributed by atoms with E-state index in [1.807, 2.05) is 24.3 Å². The summed E-state index contributed by atoms with van der Waals surface area (Å²) in [6, 6.07) is 7.80. The van der Waals surface area contributed by atoms with Gasteiger partial charge in [0.15, 0.2) is 0 Å². The molecule has 16 heavy (non-hydrogen) atoms. The van der Waals surface area contributed by atoms with Crippen molar-refractivity contribution in [2.45, 2.75) is 45.4 Å². The van der Waals surface area contributed by atoms with Crippen molar-refractivity contribution in [3.63, 3.8) is 0 Å². The summed E-state index contributed by atoms with van der Waals surface area (Å²) in [4.78, 5) is 14.0. The lowest BCUT2D eigenvalue weighted by molar-refractivity contribution is 0.565. The smallest absolute Gasteiger partial charge is 0.211 e. The number of carbonyl (C=O) groups excluding carboxylic acids is 1. The van der Waals surface area contributed by atoms with E-state index in [-0.39, 0.29) is 0 Å². The van der Waals surface area contributed by atoms with Crippen LogP contribution in [0.1, 0.15) is 44.6 Å². The molecule has 0 unspecified atom stereocenters. The zero-order valence-corrected chi connectivity index (χ0v) is 9.91. The number of hydrogen-bond donors (Lipinski definition) is 0. The fourth-order valence-corrected chi connectivity index (χ4v) is 1.80. The Kier molecular flexibility index (Phi) is 6.20. The van der Waals surface area contributed by atoms with Crippen molar-refractivity contribution in [1.82, 2.24) is 0 Å². The number of rotatable bonds is 7. The molecule has 1 rings (SSSR count). The average molecular weight is 217 g/mol. The molecule has 0 aliphatic carbocycles. The molecule has 0 N–H and O–H groups in total. The van der Waals surface area contributed by atoms with Gasteiger partial charge in [-0.15, -0.1) is 0 Å². The van der Waals surface area contributed by atoms with E-state index < -0.39 is 0 Å². The molecule has 0 saturated carbocycles. The van der Waals surface area contributed by atoms with Crippen LogP contribution in [0.15, 0.2) is 29.3 Å². The van der Waals surface area contributed by atoms with E-state index in [9.17, 15) is 4.79 Å². The molecule has 2 heteroatoms. The van der Waals surface area contributed by atoms with Crippen LogP contribution in [0.5, 0.6) is 0 Å². The highest BCUT2D eigenvalue weighted by atomic mass is 16.1. The van der Waals surface area contributed by atoms with Crippen LogP contribution >= 0.6 is 0 Å². The van der Waals surface area contributed by atoms with Gasteiger partial charge in [0.05, 0.1) is 5.69 Å². The summed E-state index contributed by atoms with van der Waals surface area (Å²) in [6.07, 6.45) is 8.93. The molecule has 0 heterocycles. The third kappa shape index (κ3) is 4.41. The maximum absolute atomic E-state index is 10.2. The largest absolute Gasteiger partial charge is 0.240 e. The third-order valence-corrected chi connectivity index (χ3v) is 2.71. The minimum Gasteiger partial charge on any atom is -0.211 e. The summed E-state index contributed by atoms with van der Waals surface area (Å²) in [5.74, 6) is 0. The Morgan fingerprint density at radius 2 is 1.88 bits per heavy atom. The van der Waals surface area contributed by atoms with Gasteiger partial charge < -0.3 is 0 Å². The molecule has 0 aliphatic heterocycles. The molecule has 2 nitrogen and oxygen atoms in total. The molecule has 0 saturated heterocycles. The first kappa shape index (κ1) is 12.7. The lowest BCUT2D eigenvalue weighted by Gasteiger charge is -2.03. The highest BCUT2D eigenvalue weighted by Crippen LogP contribution is 2.20. The van der Waals surface area contributed by atoms with E-state index in [0.29, 0.717) is 0 Å². The first-order chi connectivity index (χ1) is 7.88. The normalized spacial score (nSPS) is 9.81. The Morgan fingerprint density at radius 1 is 1.12 bits per heavy atom. The van der Waals surface area contributed by atoms with Crippen molar-refractivity contribution in [3.05, 3.63) is 29.8 Å². The van der Waals surface area contributed by atoms with Crippen molar-refractivity contribution in [2.75, 3.05) is 0 Å². The minimum atomic E-state index is 0.771. The highest BCUT2D eigenvalue weighted by molar-refractivity contribution is 5.53. The molecule has 0 atom stereocenters. The van der Waals surface area contributed by atoms with Crippen molar-refractivity contribution in [3.8, 4) is 0 Å². The number of nitrogens with zero attached hydrogens (tertiary/aromatic N) is 1. The number of isocyanates is 1. The van der Waals surface area contributed by atoms with Crippen molar-refractivity contribution in [1.29, 1.82) is 0 Å². The van der Waals surface area contributed by atoms with E-state index >= 15 is 0 Å². The fourth-order valence-electron chi connectivity index (χ4n) is 1.80. The van der Waals surface area contributed by atoms with Crippen LogP contribution in [0.25, 0.3) is 0 Å². The lowest BCUT2D eigenvalue weighted by atomic mass is 10.0. The maximum Gasteiger partial charge on any atom is 0.240 e. The van der Waals surface area contributed by atoms with E-state index in [4.69, 9.17) is 0 Å². The average Bonchev–Trinajstić information content (AvgIpc) is 2.31. The van der Waals surface area contributed by atoms with Crippen molar-refractivity contribution >= 4 is 11.8 Å². The third-order valence-electron chi connectivity index (χ3n) is 2.71. The molecule has 0 spiro atoms. The number of unbranched alkanes of at least 4 members (excludes halogenated alkanes) is 4. The second kappa shape index (κ2) is 7.84. The van der Waals surface area contributed by atoms with Gasteiger partial charge in [-0.05, 0) is 24.5 Å². The first-order valence-electron chi connectivity index (χ1n) is 6.04. The summed E-state index contributed by atoms with van der Waals surface area (Å²) in [7, 11) is 0. The molecule has 1 aromatic carbocycles. The number of hydrogen-bond acceptors (Lipinski definition) is 2. The second-order valence-electron chi connectivity index (χ2n) is 4.00. The standard InChI is InChI=1S/C14H19NO/c1-2-3-4-5-6-9-13-10-7-8-11-14(13)15-12-16/h7-8,10-11H,2-6,9H2,1H3. The van der Waals surface area contributed by atoms with Gasteiger partial charge >= 0.3 is 0 Å². The Balaban J connectivity index is 2.43. The van der Waals surface area contributed by atoms with E-state index in [2.05, 4.69) is 11.9 Å². The van der Waals surface area contributed by atoms with Gasteiger partial charge in [0.1, 0.15) is 0 Å². The molecule has 0 aliphatic rings. The molecule has 0 fully saturated rings. The predicted molar refractivity (Wildman–Crippen MR) is 66.7 cm³/mol. The van der Waals surface area contributed by atoms with E-state index in [1.54, 1.807) is 6.08 Å². The van der Waals surface area contributed by atoms with Crippen LogP contribution in [-0.2, 0) is 11.2 Å². The molecule has 1 aromatic rings. The van der Waals surface area contributed by atoms with Crippen molar-refractivity contribution in [2.24, 2.45) is 4.99 Å². The van der Waals surface area contributed by atoms with Crippen LogP contribution < -0.4 is 0 Å². The topological polar surface area (TPSA) is 29.4 Å². The van der Waals surface area contributed by atoms with Gasteiger partial charge in [-0.3, -0.25) is 0 Å². The number of para-hydroxylation sites is 1. The van der Waals surface area contributed by atoms with E-state index in [0.717, 1.165) is 17.7 Å². The zero-order chi connectivity index (χ0) is 11.6. The molecule has 0 radical (unpaired) electrons. The molecular formula is C14H19NO. The Morgan fingerprint density at radius 3 is 2.62 bits per heavy atom. The van der Waals surface area contributed by atoms with Gasteiger partial charge in [-0.2, -0.15) is 4.99 Å². The maximum atomic E-state index is 10.2. The number of benzene rings is 1. The fraction of sp³-hybridized carbons (Fsp3) is 0.500. The van der Waals surface area contributed by atoms with Crippen LogP contribution in [0.3, 0.4) is 0 Å². The Bertz CT molecular complexity index is 354. The van der Waals surface area contributed by atoms with Crippen LogP contribution in [0.4, 0.5) is 5.69 Å². The molecule has 86 valence electrons. The number of aryl methyl sites for hydroxylation is 1. The van der Waals surface area contributed by atoms with Gasteiger partial charge in [-0.25, -0.2) is 4.79 Å². The van der Waals surface area contributed by atoms with Gasteiger partial charge in [0, 0.05) is 0 Å². The predicted octanol–water partition coefficient (Wildman–Crippen LogP) is 4.17. The summed E-state index contributed by atoms with van der Waals surface area (Å²) in [5.41, 5.74) is 1.93. The first-order valence-corrected chi connectivity index (χ1v) is 6.04. The van der Waals surface area contributed by atoms with Crippen LogP contribution in [0.2, 0.25) is 0 Å². The van der Waals surface area contributed by atoms with Crippen LogP contribution in [0, 0.1) is 0 Å². The van der Waals surface area contributed by atoms with Gasteiger partial charge in [-0.1, -0.05) is 50.8 Å².